The van der Waals surface area contributed by atoms with E-state index in [2.05, 4.69) is 4.98 Å². The molecule has 0 fully saturated rings. The van der Waals surface area contributed by atoms with Crippen molar-refractivity contribution in [1.82, 2.24) is 4.98 Å². The second-order valence-electron chi connectivity index (χ2n) is 3.63. The first-order chi connectivity index (χ1) is 7.00. The van der Waals surface area contributed by atoms with E-state index in [1.807, 2.05) is 18.9 Å². The number of hydrogen-bond donors (Lipinski definition) is 2. The smallest absolute Gasteiger partial charge is 0.250 e. The zero-order chi connectivity index (χ0) is 11.4. The predicted molar refractivity (Wildman–Crippen MR) is 59.7 cm³/mol. The number of pyridine rings is 1. The van der Waals surface area contributed by atoms with Crippen LogP contribution in [0.4, 0.5) is 5.82 Å². The quantitative estimate of drug-likeness (QED) is 0.727. The third-order valence-electron chi connectivity index (χ3n) is 1.99. The van der Waals surface area contributed by atoms with Crippen LogP contribution in [0.3, 0.4) is 0 Å². The third-order valence-corrected chi connectivity index (χ3v) is 1.99. The molecule has 1 rings (SSSR count). The number of rotatable bonds is 4. The van der Waals surface area contributed by atoms with Crippen molar-refractivity contribution in [3.05, 3.63) is 23.9 Å². The minimum absolute atomic E-state index is 0.0765. The van der Waals surface area contributed by atoms with Gasteiger partial charge in [0.25, 0.3) is 0 Å². The highest BCUT2D eigenvalue weighted by Crippen LogP contribution is 2.09. The van der Waals surface area contributed by atoms with E-state index in [-0.39, 0.29) is 6.04 Å². The molecule has 0 spiro atoms. The molecule has 82 valence electrons. The third kappa shape index (κ3) is 3.21. The Morgan fingerprint density at radius 1 is 1.60 bits per heavy atom. The highest BCUT2D eigenvalue weighted by molar-refractivity contribution is 5.92. The first-order valence-corrected chi connectivity index (χ1v) is 4.73. The summed E-state index contributed by atoms with van der Waals surface area (Å²) >= 11 is 0. The van der Waals surface area contributed by atoms with E-state index in [9.17, 15) is 4.79 Å². The summed E-state index contributed by atoms with van der Waals surface area (Å²) in [4.78, 5) is 16.9. The van der Waals surface area contributed by atoms with Crippen molar-refractivity contribution in [3.8, 4) is 0 Å². The predicted octanol–water partition coefficient (Wildman–Crippen LogP) is -0.0361. The van der Waals surface area contributed by atoms with Gasteiger partial charge in [0.05, 0.1) is 5.56 Å². The zero-order valence-corrected chi connectivity index (χ0v) is 8.97. The number of hydrogen-bond acceptors (Lipinski definition) is 4. The number of carbonyl (C=O) groups excluding carboxylic acids is 1. The fourth-order valence-electron chi connectivity index (χ4n) is 1.28. The molecule has 0 bridgehead atoms. The van der Waals surface area contributed by atoms with Gasteiger partial charge >= 0.3 is 0 Å². The highest BCUT2D eigenvalue weighted by Gasteiger charge is 2.06. The summed E-state index contributed by atoms with van der Waals surface area (Å²) in [6.07, 6.45) is 1.47. The van der Waals surface area contributed by atoms with Gasteiger partial charge in [-0.3, -0.25) is 4.79 Å². The molecule has 0 aliphatic heterocycles. The van der Waals surface area contributed by atoms with Crippen LogP contribution in [0.15, 0.2) is 18.3 Å². The molecular formula is C10H16N4O. The van der Waals surface area contributed by atoms with Gasteiger partial charge in [-0.2, -0.15) is 0 Å². The zero-order valence-electron chi connectivity index (χ0n) is 8.97. The minimum atomic E-state index is -0.469. The van der Waals surface area contributed by atoms with Crippen LogP contribution < -0.4 is 16.4 Å². The molecule has 1 aromatic heterocycles. The van der Waals surface area contributed by atoms with Crippen molar-refractivity contribution in [2.24, 2.45) is 11.5 Å². The second-order valence-corrected chi connectivity index (χ2v) is 3.63. The number of likely N-dealkylation sites (N-methyl/N-ethyl adjacent to an activating group) is 1. The van der Waals surface area contributed by atoms with Gasteiger partial charge < -0.3 is 16.4 Å². The van der Waals surface area contributed by atoms with Crippen LogP contribution in [-0.4, -0.2) is 30.5 Å². The number of carbonyl (C=O) groups is 1. The standard InChI is InChI=1S/C10H16N4O/c1-7(11)6-14(2)9-4-3-8(5-13-9)10(12)15/h3-5,7H,6,11H2,1-2H3,(H2,12,15). The van der Waals surface area contributed by atoms with E-state index in [1.54, 1.807) is 12.1 Å². The van der Waals surface area contributed by atoms with Crippen molar-refractivity contribution in [2.75, 3.05) is 18.5 Å². The van der Waals surface area contributed by atoms with Crippen LogP contribution in [0.1, 0.15) is 17.3 Å². The van der Waals surface area contributed by atoms with Crippen LogP contribution in [0.5, 0.6) is 0 Å². The summed E-state index contributed by atoms with van der Waals surface area (Å²) in [5.41, 5.74) is 11.2. The molecule has 0 radical (unpaired) electrons. The summed E-state index contributed by atoms with van der Waals surface area (Å²) in [6, 6.07) is 3.48. The van der Waals surface area contributed by atoms with E-state index in [0.29, 0.717) is 12.1 Å². The maximum atomic E-state index is 10.8. The maximum Gasteiger partial charge on any atom is 0.250 e. The summed E-state index contributed by atoms with van der Waals surface area (Å²) in [6.45, 7) is 2.64. The Hall–Kier alpha value is -1.62. The van der Waals surface area contributed by atoms with Crippen molar-refractivity contribution in [3.63, 3.8) is 0 Å². The number of aromatic nitrogens is 1. The van der Waals surface area contributed by atoms with Crippen molar-refractivity contribution < 1.29 is 4.79 Å². The average Bonchev–Trinajstić information content (AvgIpc) is 2.17. The molecule has 0 aliphatic carbocycles. The molecular weight excluding hydrogens is 192 g/mol. The Morgan fingerprint density at radius 2 is 2.27 bits per heavy atom. The van der Waals surface area contributed by atoms with Gasteiger partial charge in [0.2, 0.25) is 5.91 Å². The Bertz CT molecular complexity index is 334. The van der Waals surface area contributed by atoms with Gasteiger partial charge in [0.15, 0.2) is 0 Å². The Balaban J connectivity index is 2.75. The largest absolute Gasteiger partial charge is 0.366 e. The highest BCUT2D eigenvalue weighted by atomic mass is 16.1. The number of nitrogens with zero attached hydrogens (tertiary/aromatic N) is 2. The SMILES string of the molecule is CC(N)CN(C)c1ccc(C(N)=O)cn1. The van der Waals surface area contributed by atoms with Crippen LogP contribution in [-0.2, 0) is 0 Å². The monoisotopic (exact) mass is 208 g/mol. The molecule has 1 heterocycles. The minimum Gasteiger partial charge on any atom is -0.366 e. The Morgan fingerprint density at radius 3 is 2.67 bits per heavy atom. The molecule has 5 nitrogen and oxygen atoms in total. The molecule has 0 saturated carbocycles. The van der Waals surface area contributed by atoms with E-state index >= 15 is 0 Å². The van der Waals surface area contributed by atoms with Crippen molar-refractivity contribution in [1.29, 1.82) is 0 Å². The Kier molecular flexibility index (Phi) is 3.62. The normalized spacial score (nSPS) is 12.2. The molecule has 0 saturated heterocycles. The fourth-order valence-corrected chi connectivity index (χ4v) is 1.28. The lowest BCUT2D eigenvalue weighted by molar-refractivity contribution is 0.1000. The van der Waals surface area contributed by atoms with E-state index in [4.69, 9.17) is 11.5 Å². The van der Waals surface area contributed by atoms with Crippen molar-refractivity contribution in [2.45, 2.75) is 13.0 Å². The topological polar surface area (TPSA) is 85.2 Å². The first-order valence-electron chi connectivity index (χ1n) is 4.73. The molecule has 5 heteroatoms. The van der Waals surface area contributed by atoms with E-state index < -0.39 is 5.91 Å². The molecule has 4 N–H and O–H groups in total. The molecule has 0 aliphatic rings. The Labute approximate surface area is 89.1 Å². The number of amides is 1. The van der Waals surface area contributed by atoms with Gasteiger partial charge in [0.1, 0.15) is 5.82 Å². The van der Waals surface area contributed by atoms with E-state index in [1.165, 1.54) is 6.20 Å². The number of anilines is 1. The van der Waals surface area contributed by atoms with Crippen LogP contribution in [0, 0.1) is 0 Å². The average molecular weight is 208 g/mol. The lowest BCUT2D eigenvalue weighted by Gasteiger charge is -2.20. The maximum absolute atomic E-state index is 10.8. The fraction of sp³-hybridized carbons (Fsp3) is 0.400. The number of primary amides is 1. The van der Waals surface area contributed by atoms with Gasteiger partial charge in [-0.05, 0) is 19.1 Å². The van der Waals surface area contributed by atoms with Gasteiger partial charge in [-0.1, -0.05) is 0 Å². The van der Waals surface area contributed by atoms with Gasteiger partial charge in [-0.25, -0.2) is 4.98 Å². The number of nitrogens with two attached hydrogens (primary N) is 2. The molecule has 1 aromatic rings. The molecule has 1 amide bonds. The summed E-state index contributed by atoms with van der Waals surface area (Å²) in [7, 11) is 1.90. The van der Waals surface area contributed by atoms with Crippen LogP contribution >= 0.6 is 0 Å². The van der Waals surface area contributed by atoms with Gasteiger partial charge in [0, 0.05) is 25.8 Å². The molecule has 0 aromatic carbocycles. The lowest BCUT2D eigenvalue weighted by Crippen LogP contribution is -2.33. The second kappa shape index (κ2) is 4.75. The lowest BCUT2D eigenvalue weighted by atomic mass is 10.2. The van der Waals surface area contributed by atoms with Gasteiger partial charge in [-0.15, -0.1) is 0 Å². The van der Waals surface area contributed by atoms with Crippen LogP contribution in [0.2, 0.25) is 0 Å². The van der Waals surface area contributed by atoms with Crippen molar-refractivity contribution >= 4 is 11.7 Å². The molecule has 15 heavy (non-hydrogen) atoms. The molecule has 1 atom stereocenters. The van der Waals surface area contributed by atoms with E-state index in [0.717, 1.165) is 5.82 Å². The summed E-state index contributed by atoms with van der Waals surface area (Å²) in [5, 5.41) is 0. The summed E-state index contributed by atoms with van der Waals surface area (Å²) < 4.78 is 0. The molecule has 1 unspecified atom stereocenters. The van der Waals surface area contributed by atoms with Crippen LogP contribution in [0.25, 0.3) is 0 Å². The summed E-state index contributed by atoms with van der Waals surface area (Å²) in [5.74, 6) is 0.307. The first kappa shape index (κ1) is 11.5.